The van der Waals surface area contributed by atoms with Gasteiger partial charge >= 0.3 is 0 Å². The summed E-state index contributed by atoms with van der Waals surface area (Å²) in [6.07, 6.45) is 0. The van der Waals surface area contributed by atoms with Gasteiger partial charge in [0, 0.05) is 34.6 Å². The van der Waals surface area contributed by atoms with Crippen LogP contribution in [0.1, 0.15) is 11.1 Å². The molecule has 3 aromatic rings. The fourth-order valence-electron chi connectivity index (χ4n) is 3.01. The first-order valence-corrected chi connectivity index (χ1v) is 9.86. The highest BCUT2D eigenvalue weighted by molar-refractivity contribution is 6.30. The lowest BCUT2D eigenvalue weighted by atomic mass is 10.2. The summed E-state index contributed by atoms with van der Waals surface area (Å²) >= 11 is 6.16. The molecule has 0 aliphatic carbocycles. The van der Waals surface area contributed by atoms with E-state index >= 15 is 0 Å². The Morgan fingerprint density at radius 2 is 1.77 bits per heavy atom. The van der Waals surface area contributed by atoms with Crippen molar-refractivity contribution >= 4 is 28.9 Å². The molecule has 1 heterocycles. The average Bonchev–Trinajstić information content (AvgIpc) is 3.21. The van der Waals surface area contributed by atoms with Gasteiger partial charge in [-0.25, -0.2) is 0 Å². The molecule has 0 fully saturated rings. The van der Waals surface area contributed by atoms with E-state index in [0.29, 0.717) is 23.1 Å². The number of anilines is 2. The molecule has 1 aliphatic heterocycles. The molecular formula is C23H21ClN2O4. The molecule has 0 saturated heterocycles. The summed E-state index contributed by atoms with van der Waals surface area (Å²) in [4.78, 5) is 12.2. The number of amides is 1. The van der Waals surface area contributed by atoms with Gasteiger partial charge in [-0.3, -0.25) is 4.79 Å². The summed E-state index contributed by atoms with van der Waals surface area (Å²) in [6.45, 7) is 2.59. The number of hydrogen-bond acceptors (Lipinski definition) is 5. The van der Waals surface area contributed by atoms with Crippen molar-refractivity contribution in [2.24, 2.45) is 0 Å². The summed E-state index contributed by atoms with van der Waals surface area (Å²) < 4.78 is 16.5. The largest absolute Gasteiger partial charge is 0.483 e. The monoisotopic (exact) mass is 424 g/mol. The van der Waals surface area contributed by atoms with Crippen LogP contribution in [0.25, 0.3) is 0 Å². The maximum absolute atomic E-state index is 12.2. The van der Waals surface area contributed by atoms with Gasteiger partial charge in [0.05, 0.1) is 0 Å². The molecule has 3 aromatic carbocycles. The quantitative estimate of drug-likeness (QED) is 0.558. The van der Waals surface area contributed by atoms with E-state index in [1.54, 1.807) is 12.1 Å². The van der Waals surface area contributed by atoms with Gasteiger partial charge in [0.15, 0.2) is 18.1 Å². The first-order valence-electron chi connectivity index (χ1n) is 9.48. The Balaban J connectivity index is 1.37. The van der Waals surface area contributed by atoms with E-state index in [4.69, 9.17) is 25.8 Å². The third-order valence-electron chi connectivity index (χ3n) is 4.57. The number of nitrogens with one attached hydrogen (secondary N) is 2. The Bertz CT molecular complexity index is 1050. The second-order valence-corrected chi connectivity index (χ2v) is 7.31. The lowest BCUT2D eigenvalue weighted by Gasteiger charge is -2.14. The molecule has 0 bridgehead atoms. The topological polar surface area (TPSA) is 68.8 Å². The molecular weight excluding hydrogens is 404 g/mol. The minimum atomic E-state index is -0.233. The van der Waals surface area contributed by atoms with Gasteiger partial charge in [0.1, 0.15) is 5.75 Å². The molecule has 30 heavy (non-hydrogen) atoms. The van der Waals surface area contributed by atoms with Gasteiger partial charge in [-0.2, -0.15) is 0 Å². The van der Waals surface area contributed by atoms with Crippen LogP contribution in [0.15, 0.2) is 60.7 Å². The predicted octanol–water partition coefficient (Wildman–Crippen LogP) is 5.01. The van der Waals surface area contributed by atoms with Crippen molar-refractivity contribution in [1.82, 2.24) is 0 Å². The molecule has 154 valence electrons. The zero-order chi connectivity index (χ0) is 20.9. The molecule has 0 atom stereocenters. The van der Waals surface area contributed by atoms with Crippen LogP contribution in [0.5, 0.6) is 17.2 Å². The van der Waals surface area contributed by atoms with Crippen LogP contribution in [0.3, 0.4) is 0 Å². The second-order valence-electron chi connectivity index (χ2n) is 6.88. The highest BCUT2D eigenvalue weighted by Crippen LogP contribution is 2.34. The molecule has 0 saturated carbocycles. The van der Waals surface area contributed by atoms with Crippen LogP contribution in [0.4, 0.5) is 11.4 Å². The highest BCUT2D eigenvalue weighted by atomic mass is 35.5. The predicted molar refractivity (Wildman–Crippen MR) is 117 cm³/mol. The van der Waals surface area contributed by atoms with Crippen LogP contribution in [-0.4, -0.2) is 19.3 Å². The minimum Gasteiger partial charge on any atom is -0.483 e. The molecule has 2 N–H and O–H groups in total. The summed E-state index contributed by atoms with van der Waals surface area (Å²) in [5.41, 5.74) is 3.57. The molecule has 1 amide bonds. The Morgan fingerprint density at radius 3 is 2.60 bits per heavy atom. The molecule has 7 heteroatoms. The maximum Gasteiger partial charge on any atom is 0.262 e. The number of carbonyl (C=O) groups is 1. The number of benzene rings is 3. The van der Waals surface area contributed by atoms with Crippen molar-refractivity contribution in [1.29, 1.82) is 0 Å². The van der Waals surface area contributed by atoms with Gasteiger partial charge in [0.25, 0.3) is 5.91 Å². The summed E-state index contributed by atoms with van der Waals surface area (Å²) in [5, 5.41) is 6.73. The normalized spacial score (nSPS) is 11.8. The number of aryl methyl sites for hydroxylation is 1. The fraction of sp³-hybridized carbons (Fsp3) is 0.174. The third kappa shape index (κ3) is 4.96. The zero-order valence-electron chi connectivity index (χ0n) is 16.4. The van der Waals surface area contributed by atoms with Gasteiger partial charge < -0.3 is 24.8 Å². The molecule has 4 rings (SSSR count). The van der Waals surface area contributed by atoms with Crippen molar-refractivity contribution < 1.29 is 19.0 Å². The van der Waals surface area contributed by atoms with Crippen LogP contribution in [0, 0.1) is 6.92 Å². The molecule has 0 radical (unpaired) electrons. The summed E-state index contributed by atoms with van der Waals surface area (Å²) in [7, 11) is 0. The van der Waals surface area contributed by atoms with Crippen LogP contribution in [0.2, 0.25) is 5.02 Å². The Morgan fingerprint density at radius 1 is 1.00 bits per heavy atom. The van der Waals surface area contributed by atoms with E-state index in [9.17, 15) is 4.79 Å². The van der Waals surface area contributed by atoms with Crippen molar-refractivity contribution in [3.8, 4) is 17.2 Å². The molecule has 0 spiro atoms. The van der Waals surface area contributed by atoms with Crippen LogP contribution >= 0.6 is 11.6 Å². The minimum absolute atomic E-state index is 0.105. The molecule has 6 nitrogen and oxygen atoms in total. The van der Waals surface area contributed by atoms with Gasteiger partial charge in [-0.05, 0) is 49.4 Å². The zero-order valence-corrected chi connectivity index (χ0v) is 17.2. The van der Waals surface area contributed by atoms with E-state index in [1.807, 2.05) is 55.5 Å². The van der Waals surface area contributed by atoms with Crippen LogP contribution in [-0.2, 0) is 11.3 Å². The number of carbonyl (C=O) groups excluding carboxylic acids is 1. The first kappa shape index (κ1) is 19.9. The van der Waals surface area contributed by atoms with Crippen molar-refractivity contribution in [3.63, 3.8) is 0 Å². The van der Waals surface area contributed by atoms with Gasteiger partial charge in [-0.15, -0.1) is 0 Å². The number of hydrogen-bond donors (Lipinski definition) is 2. The Kier molecular flexibility index (Phi) is 5.95. The van der Waals surface area contributed by atoms with Crippen molar-refractivity contribution in [3.05, 3.63) is 76.8 Å². The van der Waals surface area contributed by atoms with Crippen molar-refractivity contribution in [2.45, 2.75) is 13.5 Å². The SMILES string of the molecule is Cc1ccc(NC(=O)COc2ccc(Cl)cc2CNc2ccc3c(c2)OCO3)cc1. The lowest BCUT2D eigenvalue weighted by Crippen LogP contribution is -2.20. The van der Waals surface area contributed by atoms with E-state index in [0.717, 1.165) is 28.3 Å². The molecule has 0 aromatic heterocycles. The number of rotatable bonds is 7. The van der Waals surface area contributed by atoms with Crippen molar-refractivity contribution in [2.75, 3.05) is 24.0 Å². The average molecular weight is 425 g/mol. The lowest BCUT2D eigenvalue weighted by molar-refractivity contribution is -0.118. The maximum atomic E-state index is 12.2. The Labute approximate surface area is 179 Å². The second kappa shape index (κ2) is 8.97. The number of ether oxygens (including phenoxy) is 3. The van der Waals surface area contributed by atoms with E-state index in [1.165, 1.54) is 0 Å². The van der Waals surface area contributed by atoms with Gasteiger partial charge in [-0.1, -0.05) is 29.3 Å². The third-order valence-corrected chi connectivity index (χ3v) is 4.81. The summed E-state index contributed by atoms with van der Waals surface area (Å²) in [5.74, 6) is 1.79. The van der Waals surface area contributed by atoms with E-state index in [-0.39, 0.29) is 19.3 Å². The molecule has 1 aliphatic rings. The fourth-order valence-corrected chi connectivity index (χ4v) is 3.20. The number of fused-ring (bicyclic) bond motifs is 1. The highest BCUT2D eigenvalue weighted by Gasteiger charge is 2.14. The smallest absolute Gasteiger partial charge is 0.262 e. The van der Waals surface area contributed by atoms with E-state index in [2.05, 4.69) is 10.6 Å². The number of halogens is 1. The first-order chi connectivity index (χ1) is 14.6. The standard InChI is InChI=1S/C23H21ClN2O4/c1-15-2-5-18(6-3-15)26-23(27)13-28-20-8-4-17(24)10-16(20)12-25-19-7-9-21-22(11-19)30-14-29-21/h2-11,25H,12-14H2,1H3,(H,26,27). The van der Waals surface area contributed by atoms with E-state index < -0.39 is 0 Å². The summed E-state index contributed by atoms with van der Waals surface area (Å²) in [6, 6.07) is 18.6. The van der Waals surface area contributed by atoms with Crippen LogP contribution < -0.4 is 24.8 Å². The molecule has 0 unspecified atom stereocenters. The Hall–Kier alpha value is -3.38. The van der Waals surface area contributed by atoms with Gasteiger partial charge in [0.2, 0.25) is 6.79 Å².